The van der Waals surface area contributed by atoms with E-state index in [1.807, 2.05) is 31.2 Å². The number of aryl methyl sites for hydroxylation is 1. The average molecular weight is 348 g/mol. The molecule has 6 nitrogen and oxygen atoms in total. The Bertz CT molecular complexity index is 711. The van der Waals surface area contributed by atoms with Gasteiger partial charge in [0.2, 0.25) is 16.9 Å². The number of carbonyl (C=O) groups excluding carboxylic acids is 2. The number of carbonyl (C=O) groups is 2. The first-order valence-corrected chi connectivity index (χ1v) is 9.04. The van der Waals surface area contributed by atoms with Gasteiger partial charge in [0, 0.05) is 16.5 Å². The van der Waals surface area contributed by atoms with Crippen LogP contribution < -0.4 is 10.6 Å². The molecule has 120 valence electrons. The van der Waals surface area contributed by atoms with Crippen molar-refractivity contribution in [1.29, 1.82) is 0 Å². The van der Waals surface area contributed by atoms with Crippen molar-refractivity contribution in [3.8, 4) is 0 Å². The summed E-state index contributed by atoms with van der Waals surface area (Å²) < 4.78 is 0. The second kappa shape index (κ2) is 7.10. The third kappa shape index (κ3) is 4.77. The topological polar surface area (TPSA) is 84.0 Å². The number of amides is 2. The van der Waals surface area contributed by atoms with Gasteiger partial charge in [-0.1, -0.05) is 11.3 Å². The van der Waals surface area contributed by atoms with Crippen LogP contribution in [-0.4, -0.2) is 27.8 Å². The van der Waals surface area contributed by atoms with E-state index in [9.17, 15) is 9.59 Å². The average Bonchev–Trinajstić information content (AvgIpc) is 3.31. The number of benzene rings is 1. The first kappa shape index (κ1) is 15.9. The largest absolute Gasteiger partial charge is 0.326 e. The Balaban J connectivity index is 1.46. The van der Waals surface area contributed by atoms with E-state index in [4.69, 9.17) is 0 Å². The Kier molecular flexibility index (Phi) is 4.92. The van der Waals surface area contributed by atoms with Gasteiger partial charge in [0.25, 0.3) is 0 Å². The van der Waals surface area contributed by atoms with Crippen molar-refractivity contribution in [2.24, 2.45) is 5.92 Å². The minimum atomic E-state index is -0.114. The monoisotopic (exact) mass is 348 g/mol. The van der Waals surface area contributed by atoms with E-state index in [2.05, 4.69) is 20.8 Å². The number of rotatable bonds is 6. The Morgan fingerprint density at radius 3 is 2.57 bits per heavy atom. The summed E-state index contributed by atoms with van der Waals surface area (Å²) in [5.41, 5.74) is 0.792. The molecule has 1 aliphatic rings. The second-order valence-electron chi connectivity index (χ2n) is 5.25. The summed E-state index contributed by atoms with van der Waals surface area (Å²) in [6.07, 6.45) is 1.98. The van der Waals surface area contributed by atoms with Crippen LogP contribution in [0.2, 0.25) is 0 Å². The number of nitrogens with one attached hydrogen (secondary N) is 2. The van der Waals surface area contributed by atoms with E-state index >= 15 is 0 Å². The molecule has 2 aromatic rings. The van der Waals surface area contributed by atoms with Crippen molar-refractivity contribution in [3.05, 3.63) is 29.3 Å². The molecule has 0 spiro atoms. The molecule has 0 bridgehead atoms. The van der Waals surface area contributed by atoms with Gasteiger partial charge in [-0.15, -0.1) is 22.0 Å². The van der Waals surface area contributed by atoms with Crippen molar-refractivity contribution < 1.29 is 9.59 Å². The van der Waals surface area contributed by atoms with Gasteiger partial charge in [-0.25, -0.2) is 0 Å². The van der Waals surface area contributed by atoms with E-state index in [1.54, 1.807) is 0 Å². The number of hydrogen-bond acceptors (Lipinski definition) is 6. The van der Waals surface area contributed by atoms with Gasteiger partial charge < -0.3 is 5.32 Å². The Hall–Kier alpha value is -1.93. The quantitative estimate of drug-likeness (QED) is 0.784. The summed E-state index contributed by atoms with van der Waals surface area (Å²) >= 11 is 2.78. The Labute approximate surface area is 142 Å². The molecule has 1 aromatic heterocycles. The molecule has 2 amide bonds. The lowest BCUT2D eigenvalue weighted by Gasteiger charge is -2.06. The molecule has 8 heteroatoms. The van der Waals surface area contributed by atoms with E-state index in [0.29, 0.717) is 10.9 Å². The van der Waals surface area contributed by atoms with Gasteiger partial charge in [0.05, 0.1) is 5.75 Å². The van der Waals surface area contributed by atoms with Crippen LogP contribution in [0.15, 0.2) is 29.2 Å². The van der Waals surface area contributed by atoms with Crippen molar-refractivity contribution in [1.82, 2.24) is 10.2 Å². The Morgan fingerprint density at radius 2 is 1.96 bits per heavy atom. The van der Waals surface area contributed by atoms with Crippen molar-refractivity contribution in [2.75, 3.05) is 16.4 Å². The maximum atomic E-state index is 11.8. The molecule has 0 radical (unpaired) electrons. The maximum absolute atomic E-state index is 11.8. The van der Waals surface area contributed by atoms with Gasteiger partial charge >= 0.3 is 0 Å². The lowest BCUT2D eigenvalue weighted by atomic mass is 10.3. The molecule has 2 N–H and O–H groups in total. The summed E-state index contributed by atoms with van der Waals surface area (Å²) in [6, 6.07) is 7.51. The maximum Gasteiger partial charge on any atom is 0.236 e. The molecule has 23 heavy (non-hydrogen) atoms. The number of anilines is 2. The second-order valence-corrected chi connectivity index (χ2v) is 7.48. The zero-order valence-corrected chi connectivity index (χ0v) is 14.2. The van der Waals surface area contributed by atoms with Gasteiger partial charge in [-0.05, 0) is 44.0 Å². The molecule has 0 atom stereocenters. The fourth-order valence-corrected chi connectivity index (χ4v) is 3.18. The molecule has 0 unspecified atom stereocenters. The zero-order chi connectivity index (χ0) is 16.2. The fraction of sp³-hybridized carbons (Fsp3) is 0.333. The zero-order valence-electron chi connectivity index (χ0n) is 12.5. The van der Waals surface area contributed by atoms with Crippen molar-refractivity contribution >= 4 is 45.7 Å². The molecule has 0 saturated heterocycles. The van der Waals surface area contributed by atoms with E-state index in [-0.39, 0.29) is 17.7 Å². The van der Waals surface area contributed by atoms with Gasteiger partial charge in [0.1, 0.15) is 5.01 Å². The first-order chi connectivity index (χ1) is 11.1. The minimum absolute atomic E-state index is 0.0946. The number of aromatic nitrogens is 2. The molecular weight excluding hydrogens is 332 g/mol. The van der Waals surface area contributed by atoms with Crippen LogP contribution in [0.5, 0.6) is 0 Å². The molecule has 1 aliphatic carbocycles. The van der Waals surface area contributed by atoms with Crippen LogP contribution >= 0.6 is 23.1 Å². The van der Waals surface area contributed by atoms with Gasteiger partial charge in [-0.3, -0.25) is 14.9 Å². The first-order valence-electron chi connectivity index (χ1n) is 7.24. The molecule has 0 aliphatic heterocycles. The van der Waals surface area contributed by atoms with Crippen LogP contribution in [0.25, 0.3) is 0 Å². The summed E-state index contributed by atoms with van der Waals surface area (Å²) in [4.78, 5) is 24.5. The smallest absolute Gasteiger partial charge is 0.236 e. The molecule has 1 heterocycles. The highest BCUT2D eigenvalue weighted by Gasteiger charge is 2.29. The van der Waals surface area contributed by atoms with Crippen LogP contribution in [0.1, 0.15) is 17.8 Å². The van der Waals surface area contributed by atoms with Gasteiger partial charge in [-0.2, -0.15) is 0 Å². The highest BCUT2D eigenvalue weighted by molar-refractivity contribution is 8.00. The number of hydrogen-bond donors (Lipinski definition) is 2. The van der Waals surface area contributed by atoms with Crippen molar-refractivity contribution in [3.63, 3.8) is 0 Å². The molecule has 1 fully saturated rings. The molecular formula is C15H16N4O2S2. The van der Waals surface area contributed by atoms with Crippen molar-refractivity contribution in [2.45, 2.75) is 24.7 Å². The SMILES string of the molecule is Cc1nnc(NC(=O)CSc2ccc(NC(=O)C3CC3)cc2)s1. The van der Waals surface area contributed by atoms with Crippen LogP contribution in [-0.2, 0) is 9.59 Å². The predicted octanol–water partition coefficient (Wildman–Crippen LogP) is 2.93. The Morgan fingerprint density at radius 1 is 1.22 bits per heavy atom. The van der Waals surface area contributed by atoms with E-state index in [0.717, 1.165) is 28.4 Å². The predicted molar refractivity (Wildman–Crippen MR) is 91.8 cm³/mol. The highest BCUT2D eigenvalue weighted by atomic mass is 32.2. The van der Waals surface area contributed by atoms with Crippen LogP contribution in [0.3, 0.4) is 0 Å². The highest BCUT2D eigenvalue weighted by Crippen LogP contribution is 2.30. The van der Waals surface area contributed by atoms with Crippen LogP contribution in [0, 0.1) is 12.8 Å². The lowest BCUT2D eigenvalue weighted by molar-refractivity contribution is -0.117. The fourth-order valence-electron chi connectivity index (χ4n) is 1.88. The third-order valence-electron chi connectivity index (χ3n) is 3.21. The van der Waals surface area contributed by atoms with Gasteiger partial charge in [0.15, 0.2) is 0 Å². The number of thioether (sulfide) groups is 1. The summed E-state index contributed by atoms with van der Waals surface area (Å²) in [5, 5.41) is 14.7. The summed E-state index contributed by atoms with van der Waals surface area (Å²) in [7, 11) is 0. The number of nitrogens with zero attached hydrogens (tertiary/aromatic N) is 2. The van der Waals surface area contributed by atoms with E-state index < -0.39 is 0 Å². The normalized spacial score (nSPS) is 13.6. The minimum Gasteiger partial charge on any atom is -0.326 e. The van der Waals surface area contributed by atoms with E-state index in [1.165, 1.54) is 23.1 Å². The molecule has 3 rings (SSSR count). The third-order valence-corrected chi connectivity index (χ3v) is 4.98. The summed E-state index contributed by atoms with van der Waals surface area (Å²) in [5.74, 6) is 0.470. The van der Waals surface area contributed by atoms with Crippen LogP contribution in [0.4, 0.5) is 10.8 Å². The lowest BCUT2D eigenvalue weighted by Crippen LogP contribution is -2.14. The standard InChI is InChI=1S/C15H16N4O2S2/c1-9-18-19-15(23-9)17-13(20)8-22-12-6-4-11(5-7-12)16-14(21)10-2-3-10/h4-7,10H,2-3,8H2,1H3,(H,16,21)(H,17,19,20). The molecule has 1 saturated carbocycles. The summed E-state index contributed by atoms with van der Waals surface area (Å²) in [6.45, 7) is 1.84. The molecule has 1 aromatic carbocycles.